The maximum atomic E-state index is 5.49. The minimum Gasteiger partial charge on any atom is -0.494 e. The number of aryl methyl sites for hydroxylation is 2. The van der Waals surface area contributed by atoms with Crippen LogP contribution >= 0.6 is 0 Å². The Morgan fingerprint density at radius 1 is 0.667 bits per heavy atom. The molecule has 0 saturated heterocycles. The van der Waals surface area contributed by atoms with E-state index in [2.05, 4.69) is 84.8 Å². The zero-order valence-electron chi connectivity index (χ0n) is 18.9. The molecular formula is C28H24N4O. The van der Waals surface area contributed by atoms with Crippen LogP contribution in [0.25, 0.3) is 39.5 Å². The van der Waals surface area contributed by atoms with Crippen LogP contribution in [0.15, 0.2) is 91.1 Å². The number of methoxy groups -OCH3 is 1. The molecule has 0 N–H and O–H groups in total. The second kappa shape index (κ2) is 8.71. The first-order chi connectivity index (χ1) is 16.1. The van der Waals surface area contributed by atoms with Gasteiger partial charge in [-0.15, -0.1) is 5.10 Å². The standard InChI is InChI=1S/C28H24N4O/c1-19-8-12-21(13-9-19)24-16-23(17-25(29-24)22-14-10-20(2)11-15-22)26-18-32(31-30-26)27-6-4-5-7-28(27)33-3/h4-18H,1-3H3. The lowest BCUT2D eigenvalue weighted by Crippen LogP contribution is -1.98. The Kier molecular flexibility index (Phi) is 5.45. The number of benzene rings is 3. The summed E-state index contributed by atoms with van der Waals surface area (Å²) in [5.74, 6) is 0.740. The minimum absolute atomic E-state index is 0.740. The molecule has 5 aromatic rings. The van der Waals surface area contributed by atoms with Crippen molar-refractivity contribution < 1.29 is 4.74 Å². The van der Waals surface area contributed by atoms with Crippen molar-refractivity contribution in [2.75, 3.05) is 7.11 Å². The van der Waals surface area contributed by atoms with E-state index in [4.69, 9.17) is 9.72 Å². The van der Waals surface area contributed by atoms with Crippen LogP contribution in [0.5, 0.6) is 5.75 Å². The molecule has 0 atom stereocenters. The Morgan fingerprint density at radius 2 is 1.24 bits per heavy atom. The highest BCUT2D eigenvalue weighted by molar-refractivity contribution is 5.75. The highest BCUT2D eigenvalue weighted by Gasteiger charge is 2.13. The van der Waals surface area contributed by atoms with E-state index in [-0.39, 0.29) is 0 Å². The summed E-state index contributed by atoms with van der Waals surface area (Å²) < 4.78 is 7.23. The number of aromatic nitrogens is 4. The second-order valence-corrected chi connectivity index (χ2v) is 8.08. The van der Waals surface area contributed by atoms with E-state index in [0.717, 1.165) is 45.2 Å². The van der Waals surface area contributed by atoms with Gasteiger partial charge in [-0.25, -0.2) is 9.67 Å². The fraction of sp³-hybridized carbons (Fsp3) is 0.107. The van der Waals surface area contributed by atoms with Crippen LogP contribution < -0.4 is 4.74 Å². The summed E-state index contributed by atoms with van der Waals surface area (Å²) in [7, 11) is 1.65. The molecule has 0 spiro atoms. The molecular weight excluding hydrogens is 408 g/mol. The minimum atomic E-state index is 0.740. The van der Waals surface area contributed by atoms with Crippen molar-refractivity contribution in [3.05, 3.63) is 102 Å². The van der Waals surface area contributed by atoms with Gasteiger partial charge in [-0.05, 0) is 38.1 Å². The predicted molar refractivity (Wildman–Crippen MR) is 131 cm³/mol. The van der Waals surface area contributed by atoms with Gasteiger partial charge in [0.05, 0.1) is 24.7 Å². The molecule has 0 aliphatic carbocycles. The highest BCUT2D eigenvalue weighted by atomic mass is 16.5. The van der Waals surface area contributed by atoms with Crippen LogP contribution in [0.1, 0.15) is 11.1 Å². The normalized spacial score (nSPS) is 10.9. The topological polar surface area (TPSA) is 52.8 Å². The van der Waals surface area contributed by atoms with Gasteiger partial charge in [0.1, 0.15) is 17.1 Å². The van der Waals surface area contributed by atoms with E-state index in [0.29, 0.717) is 0 Å². The molecule has 162 valence electrons. The third kappa shape index (κ3) is 4.26. The Hall–Kier alpha value is -4.25. The fourth-order valence-electron chi connectivity index (χ4n) is 3.76. The summed E-state index contributed by atoms with van der Waals surface area (Å²) in [6.45, 7) is 4.17. The molecule has 0 bridgehead atoms. The largest absolute Gasteiger partial charge is 0.494 e. The Labute approximate surface area is 193 Å². The molecule has 3 aromatic carbocycles. The summed E-state index contributed by atoms with van der Waals surface area (Å²) in [6, 6.07) is 28.7. The van der Waals surface area contributed by atoms with Gasteiger partial charge >= 0.3 is 0 Å². The Balaban J connectivity index is 1.63. The first-order valence-corrected chi connectivity index (χ1v) is 10.8. The molecule has 2 heterocycles. The number of para-hydroxylation sites is 2. The Morgan fingerprint density at radius 3 is 1.82 bits per heavy atom. The molecule has 0 saturated carbocycles. The molecule has 0 aliphatic rings. The zero-order valence-corrected chi connectivity index (χ0v) is 18.9. The zero-order chi connectivity index (χ0) is 22.8. The molecule has 0 unspecified atom stereocenters. The van der Waals surface area contributed by atoms with Crippen LogP contribution in [-0.2, 0) is 0 Å². The molecule has 5 nitrogen and oxygen atoms in total. The lowest BCUT2D eigenvalue weighted by atomic mass is 10.0. The predicted octanol–water partition coefficient (Wildman–Crippen LogP) is 6.29. The van der Waals surface area contributed by atoms with Crippen molar-refractivity contribution >= 4 is 0 Å². The van der Waals surface area contributed by atoms with Crippen molar-refractivity contribution in [2.24, 2.45) is 0 Å². The molecule has 0 fully saturated rings. The molecule has 0 amide bonds. The first-order valence-electron chi connectivity index (χ1n) is 10.8. The van der Waals surface area contributed by atoms with Gasteiger partial charge in [-0.3, -0.25) is 0 Å². The maximum Gasteiger partial charge on any atom is 0.144 e. The van der Waals surface area contributed by atoms with Crippen LogP contribution in [0.4, 0.5) is 0 Å². The number of hydrogen-bond acceptors (Lipinski definition) is 4. The summed E-state index contributed by atoms with van der Waals surface area (Å²) in [6.07, 6.45) is 1.92. The van der Waals surface area contributed by atoms with Crippen molar-refractivity contribution in [1.29, 1.82) is 0 Å². The van der Waals surface area contributed by atoms with E-state index in [1.807, 2.05) is 30.5 Å². The molecule has 33 heavy (non-hydrogen) atoms. The van der Waals surface area contributed by atoms with Gasteiger partial charge in [-0.1, -0.05) is 77.0 Å². The summed E-state index contributed by atoms with van der Waals surface area (Å²) in [5.41, 5.74) is 8.92. The first kappa shape index (κ1) is 20.6. The summed E-state index contributed by atoms with van der Waals surface area (Å²) >= 11 is 0. The molecule has 5 heteroatoms. The number of ether oxygens (including phenoxy) is 1. The SMILES string of the molecule is COc1ccccc1-n1cc(-c2cc(-c3ccc(C)cc3)nc(-c3ccc(C)cc3)c2)nn1. The fourth-order valence-corrected chi connectivity index (χ4v) is 3.76. The smallest absolute Gasteiger partial charge is 0.144 e. The number of hydrogen-bond donors (Lipinski definition) is 0. The molecule has 0 aliphatic heterocycles. The molecule has 0 radical (unpaired) electrons. The van der Waals surface area contributed by atoms with E-state index in [9.17, 15) is 0 Å². The molecule has 5 rings (SSSR count). The number of rotatable bonds is 5. The second-order valence-electron chi connectivity index (χ2n) is 8.08. The third-order valence-electron chi connectivity index (χ3n) is 5.64. The summed E-state index contributed by atoms with van der Waals surface area (Å²) in [4.78, 5) is 4.98. The third-order valence-corrected chi connectivity index (χ3v) is 5.64. The van der Waals surface area contributed by atoms with E-state index < -0.39 is 0 Å². The monoisotopic (exact) mass is 432 g/mol. The van der Waals surface area contributed by atoms with Crippen LogP contribution in [-0.4, -0.2) is 27.1 Å². The van der Waals surface area contributed by atoms with Crippen LogP contribution in [0, 0.1) is 13.8 Å². The molecule has 2 aromatic heterocycles. The van der Waals surface area contributed by atoms with Gasteiger partial charge in [0.15, 0.2) is 0 Å². The van der Waals surface area contributed by atoms with Crippen molar-refractivity contribution in [1.82, 2.24) is 20.0 Å². The average molecular weight is 433 g/mol. The maximum absolute atomic E-state index is 5.49. The Bertz CT molecular complexity index is 1340. The highest BCUT2D eigenvalue weighted by Crippen LogP contribution is 2.30. The summed E-state index contributed by atoms with van der Waals surface area (Å²) in [5, 5.41) is 8.83. The van der Waals surface area contributed by atoms with Crippen molar-refractivity contribution in [3.8, 4) is 45.2 Å². The number of pyridine rings is 1. The average Bonchev–Trinajstić information content (AvgIpc) is 3.35. The van der Waals surface area contributed by atoms with E-state index >= 15 is 0 Å². The van der Waals surface area contributed by atoms with Gasteiger partial charge < -0.3 is 4.74 Å². The number of nitrogens with zero attached hydrogens (tertiary/aromatic N) is 4. The van der Waals surface area contributed by atoms with Gasteiger partial charge in [0.25, 0.3) is 0 Å². The van der Waals surface area contributed by atoms with Crippen LogP contribution in [0.3, 0.4) is 0 Å². The van der Waals surface area contributed by atoms with Gasteiger partial charge in [0.2, 0.25) is 0 Å². The van der Waals surface area contributed by atoms with Crippen LogP contribution in [0.2, 0.25) is 0 Å². The van der Waals surface area contributed by atoms with Gasteiger partial charge in [-0.2, -0.15) is 0 Å². The lowest BCUT2D eigenvalue weighted by Gasteiger charge is -2.09. The van der Waals surface area contributed by atoms with Crippen molar-refractivity contribution in [3.63, 3.8) is 0 Å². The van der Waals surface area contributed by atoms with E-state index in [1.54, 1.807) is 11.8 Å². The van der Waals surface area contributed by atoms with E-state index in [1.165, 1.54) is 11.1 Å². The lowest BCUT2D eigenvalue weighted by molar-refractivity contribution is 0.411. The van der Waals surface area contributed by atoms with Gasteiger partial charge in [0, 0.05) is 16.7 Å². The van der Waals surface area contributed by atoms with Crippen molar-refractivity contribution in [2.45, 2.75) is 13.8 Å². The quantitative estimate of drug-likeness (QED) is 0.328.